The van der Waals surface area contributed by atoms with Crippen LogP contribution in [0.5, 0.6) is 0 Å². The van der Waals surface area contributed by atoms with Crippen LogP contribution in [0.3, 0.4) is 0 Å². The van der Waals surface area contributed by atoms with Gasteiger partial charge in [0.1, 0.15) is 0 Å². The van der Waals surface area contributed by atoms with Crippen molar-refractivity contribution in [1.29, 1.82) is 0 Å². The largest absolute Gasteiger partial charge is 0.313 e. The molecule has 0 aromatic rings. The Morgan fingerprint density at radius 1 is 1.25 bits per heavy atom. The van der Waals surface area contributed by atoms with Gasteiger partial charge in [-0.25, -0.2) is 0 Å². The summed E-state index contributed by atoms with van der Waals surface area (Å²) in [4.78, 5) is 2.75. The molecule has 16 heavy (non-hydrogen) atoms. The van der Waals surface area contributed by atoms with Crippen LogP contribution in [0.4, 0.5) is 0 Å². The Bertz CT molecular complexity index is 189. The molecular weight excluding hydrogens is 196 g/mol. The number of hydrogen-bond donors (Lipinski definition) is 1. The van der Waals surface area contributed by atoms with Gasteiger partial charge >= 0.3 is 0 Å². The average Bonchev–Trinajstić information content (AvgIpc) is 2.65. The smallest absolute Gasteiger partial charge is 0.0246 e. The minimum atomic E-state index is 0.601. The zero-order chi connectivity index (χ0) is 12.1. The Morgan fingerprint density at radius 3 is 2.44 bits per heavy atom. The van der Waals surface area contributed by atoms with Crippen molar-refractivity contribution in [3.63, 3.8) is 0 Å². The van der Waals surface area contributed by atoms with Crippen LogP contribution < -0.4 is 5.32 Å². The fourth-order valence-corrected chi connectivity index (χ4v) is 2.83. The van der Waals surface area contributed by atoms with E-state index in [0.717, 1.165) is 24.5 Å². The molecular formula is C14H30N2. The lowest BCUT2D eigenvalue weighted by atomic mass is 10.0. The number of rotatable bonds is 6. The van der Waals surface area contributed by atoms with Crippen molar-refractivity contribution >= 4 is 0 Å². The summed E-state index contributed by atoms with van der Waals surface area (Å²) in [5.74, 6) is 0.749. The van der Waals surface area contributed by atoms with Crippen molar-refractivity contribution in [3.8, 4) is 0 Å². The molecule has 2 nitrogen and oxygen atoms in total. The van der Waals surface area contributed by atoms with Crippen molar-refractivity contribution in [2.75, 3.05) is 13.1 Å². The molecule has 0 spiro atoms. The molecule has 0 amide bonds. The van der Waals surface area contributed by atoms with Crippen molar-refractivity contribution in [1.82, 2.24) is 10.2 Å². The molecule has 1 aliphatic rings. The minimum Gasteiger partial charge on any atom is -0.313 e. The molecule has 1 heterocycles. The highest BCUT2D eigenvalue weighted by Crippen LogP contribution is 2.25. The molecule has 1 aliphatic heterocycles. The Kier molecular flexibility index (Phi) is 5.77. The van der Waals surface area contributed by atoms with E-state index in [4.69, 9.17) is 0 Å². The van der Waals surface area contributed by atoms with E-state index in [1.165, 1.54) is 25.8 Å². The second kappa shape index (κ2) is 6.61. The van der Waals surface area contributed by atoms with E-state index in [1.54, 1.807) is 0 Å². The van der Waals surface area contributed by atoms with Crippen LogP contribution in [0.25, 0.3) is 0 Å². The summed E-state index contributed by atoms with van der Waals surface area (Å²) in [7, 11) is 0. The van der Waals surface area contributed by atoms with Crippen LogP contribution in [0.1, 0.15) is 53.9 Å². The summed E-state index contributed by atoms with van der Waals surface area (Å²) in [5, 5.41) is 3.61. The average molecular weight is 226 g/mol. The van der Waals surface area contributed by atoms with Crippen LogP contribution in [0.2, 0.25) is 0 Å². The van der Waals surface area contributed by atoms with Gasteiger partial charge < -0.3 is 5.32 Å². The van der Waals surface area contributed by atoms with E-state index in [-0.39, 0.29) is 0 Å². The Balaban J connectivity index is 2.54. The molecule has 2 heteroatoms. The first-order valence-corrected chi connectivity index (χ1v) is 7.05. The normalized spacial score (nSPS) is 24.6. The fraction of sp³-hybridized carbons (Fsp3) is 1.00. The quantitative estimate of drug-likeness (QED) is 0.749. The highest BCUT2D eigenvalue weighted by Gasteiger charge is 2.30. The highest BCUT2D eigenvalue weighted by molar-refractivity contribution is 4.87. The maximum atomic E-state index is 3.61. The summed E-state index contributed by atoms with van der Waals surface area (Å²) >= 11 is 0. The van der Waals surface area contributed by atoms with Gasteiger partial charge in [0, 0.05) is 24.7 Å². The fourth-order valence-electron chi connectivity index (χ4n) is 2.83. The molecule has 1 N–H and O–H groups in total. The maximum absolute atomic E-state index is 3.61. The van der Waals surface area contributed by atoms with Gasteiger partial charge in [-0.05, 0) is 31.7 Å². The number of nitrogens with one attached hydrogen (secondary N) is 1. The lowest BCUT2D eigenvalue weighted by molar-refractivity contribution is 0.132. The summed E-state index contributed by atoms with van der Waals surface area (Å²) in [5.41, 5.74) is 0. The lowest BCUT2D eigenvalue weighted by Crippen LogP contribution is -2.48. The molecule has 96 valence electrons. The van der Waals surface area contributed by atoms with E-state index in [2.05, 4.69) is 44.8 Å². The van der Waals surface area contributed by atoms with Crippen LogP contribution in [0.15, 0.2) is 0 Å². The van der Waals surface area contributed by atoms with Gasteiger partial charge in [-0.3, -0.25) is 4.90 Å². The third-order valence-electron chi connectivity index (χ3n) is 3.82. The van der Waals surface area contributed by atoms with Crippen molar-refractivity contribution in [2.24, 2.45) is 5.92 Å². The van der Waals surface area contributed by atoms with Gasteiger partial charge in [0.05, 0.1) is 0 Å². The van der Waals surface area contributed by atoms with E-state index in [0.29, 0.717) is 6.04 Å². The summed E-state index contributed by atoms with van der Waals surface area (Å²) in [6.07, 6.45) is 4.11. The first-order chi connectivity index (χ1) is 7.56. The van der Waals surface area contributed by atoms with Gasteiger partial charge in [0.25, 0.3) is 0 Å². The molecule has 0 bridgehead atoms. The standard InChI is InChI=1S/C14H30N2/c1-6-13-8-7-9-16(13)14(11(2)3)10-15-12(4)5/h11-15H,6-10H2,1-5H3. The molecule has 1 fully saturated rings. The second-order valence-electron chi connectivity index (χ2n) is 5.82. The van der Waals surface area contributed by atoms with E-state index < -0.39 is 0 Å². The Morgan fingerprint density at radius 2 is 1.94 bits per heavy atom. The predicted molar refractivity (Wildman–Crippen MR) is 71.8 cm³/mol. The number of likely N-dealkylation sites (tertiary alicyclic amines) is 1. The number of nitrogens with zero attached hydrogens (tertiary/aromatic N) is 1. The van der Waals surface area contributed by atoms with Gasteiger partial charge in [-0.2, -0.15) is 0 Å². The molecule has 0 saturated carbocycles. The van der Waals surface area contributed by atoms with E-state index in [1.807, 2.05) is 0 Å². The SMILES string of the molecule is CCC1CCCN1C(CNC(C)C)C(C)C. The molecule has 0 radical (unpaired) electrons. The topological polar surface area (TPSA) is 15.3 Å². The van der Waals surface area contributed by atoms with E-state index >= 15 is 0 Å². The highest BCUT2D eigenvalue weighted by atomic mass is 15.2. The van der Waals surface area contributed by atoms with Gasteiger partial charge in [0.15, 0.2) is 0 Å². The third-order valence-corrected chi connectivity index (χ3v) is 3.82. The monoisotopic (exact) mass is 226 g/mol. The summed E-state index contributed by atoms with van der Waals surface area (Å²) < 4.78 is 0. The van der Waals surface area contributed by atoms with Crippen molar-refractivity contribution in [2.45, 2.75) is 72.0 Å². The van der Waals surface area contributed by atoms with Gasteiger partial charge in [0.2, 0.25) is 0 Å². The van der Waals surface area contributed by atoms with Crippen LogP contribution in [-0.4, -0.2) is 36.1 Å². The van der Waals surface area contributed by atoms with Gasteiger partial charge in [-0.15, -0.1) is 0 Å². The minimum absolute atomic E-state index is 0.601. The molecule has 1 saturated heterocycles. The molecule has 2 atom stereocenters. The Hall–Kier alpha value is -0.0800. The van der Waals surface area contributed by atoms with Crippen LogP contribution >= 0.6 is 0 Å². The number of hydrogen-bond acceptors (Lipinski definition) is 2. The van der Waals surface area contributed by atoms with Crippen LogP contribution in [0, 0.1) is 5.92 Å². The zero-order valence-electron chi connectivity index (χ0n) is 11.8. The Labute approximate surface area is 102 Å². The molecule has 0 aromatic heterocycles. The van der Waals surface area contributed by atoms with Crippen molar-refractivity contribution < 1.29 is 0 Å². The summed E-state index contributed by atoms with van der Waals surface area (Å²) in [6.45, 7) is 14.0. The van der Waals surface area contributed by atoms with Crippen LogP contribution in [-0.2, 0) is 0 Å². The summed E-state index contributed by atoms with van der Waals surface area (Å²) in [6, 6.07) is 2.15. The second-order valence-corrected chi connectivity index (χ2v) is 5.82. The van der Waals surface area contributed by atoms with Crippen molar-refractivity contribution in [3.05, 3.63) is 0 Å². The van der Waals surface area contributed by atoms with Gasteiger partial charge in [-0.1, -0.05) is 34.6 Å². The molecule has 0 aromatic carbocycles. The maximum Gasteiger partial charge on any atom is 0.0246 e. The first kappa shape index (κ1) is 14.0. The first-order valence-electron chi connectivity index (χ1n) is 7.05. The van der Waals surface area contributed by atoms with E-state index in [9.17, 15) is 0 Å². The molecule has 0 aliphatic carbocycles. The molecule has 2 unspecified atom stereocenters. The lowest BCUT2D eigenvalue weighted by Gasteiger charge is -2.36. The zero-order valence-corrected chi connectivity index (χ0v) is 11.8. The third kappa shape index (κ3) is 3.74. The predicted octanol–water partition coefficient (Wildman–Crippen LogP) is 2.88. The molecule has 1 rings (SSSR count).